The Kier molecular flexibility index (Phi) is 21.9. The molecule has 0 saturated heterocycles. The zero-order valence-corrected chi connectivity index (χ0v) is 32.6. The van der Waals surface area contributed by atoms with E-state index >= 15 is 0 Å². The Morgan fingerprint density at radius 2 is 0.729 bits per heavy atom. The average Bonchev–Trinajstić information content (AvgIpc) is 3.08. The maximum atomic E-state index is 6.20. The lowest BCUT2D eigenvalue weighted by atomic mass is 10.1. The van der Waals surface area contributed by atoms with Gasteiger partial charge in [0.1, 0.15) is 24.6 Å². The Morgan fingerprint density at radius 1 is 0.396 bits per heavy atom. The number of ether oxygens (including phenoxy) is 2. The molecule has 0 aliphatic carbocycles. The van der Waals surface area contributed by atoms with Crippen molar-refractivity contribution in [2.45, 2.75) is 130 Å². The van der Waals surface area contributed by atoms with Crippen molar-refractivity contribution in [2.75, 3.05) is 0 Å². The van der Waals surface area contributed by atoms with E-state index in [4.69, 9.17) is 9.47 Å². The molecule has 0 fully saturated rings. The summed E-state index contributed by atoms with van der Waals surface area (Å²) in [5.74, 6) is 3.43. The largest absolute Gasteiger partial charge is 1.00 e. The molecule has 0 aliphatic heterocycles. The second kappa shape index (κ2) is 25.3. The van der Waals surface area contributed by atoms with Crippen LogP contribution in [0.15, 0.2) is 97.6 Å². The van der Waals surface area contributed by atoms with Crippen LogP contribution in [0.25, 0.3) is 11.1 Å². The number of aryl methyl sites for hydroxylation is 2. The summed E-state index contributed by atoms with van der Waals surface area (Å²) in [5.41, 5.74) is 2.30. The van der Waals surface area contributed by atoms with Crippen molar-refractivity contribution < 1.29 is 52.6 Å². The zero-order chi connectivity index (χ0) is 32.1. The van der Waals surface area contributed by atoms with Crippen molar-refractivity contribution in [2.24, 2.45) is 0 Å². The first-order chi connectivity index (χ1) is 22.7. The molecular weight excluding hydrogens is 724 g/mol. The zero-order valence-electron chi connectivity index (χ0n) is 29.4. The number of halogens is 2. The van der Waals surface area contributed by atoms with Crippen LogP contribution < -0.4 is 52.6 Å². The minimum atomic E-state index is 0. The number of aromatic nitrogens is 2. The van der Waals surface area contributed by atoms with E-state index < -0.39 is 0 Å². The average molecular weight is 783 g/mol. The SMILES string of the molecule is CCCCCCCCCC[n+]1cccc(Oc2ccc(-c3ccc(Oc4ccc[n+](CCCCCCCCCC)c4)cc3)cc2)c1.[Br-].[Br-]. The van der Waals surface area contributed by atoms with Crippen LogP contribution >= 0.6 is 0 Å². The van der Waals surface area contributed by atoms with Gasteiger partial charge >= 0.3 is 0 Å². The van der Waals surface area contributed by atoms with Crippen molar-refractivity contribution in [1.29, 1.82) is 0 Å². The third kappa shape index (κ3) is 16.1. The molecule has 0 N–H and O–H groups in total. The van der Waals surface area contributed by atoms with Gasteiger partial charge in [0.2, 0.25) is 12.4 Å². The number of pyridine rings is 2. The molecular formula is C42H58Br2N2O2. The van der Waals surface area contributed by atoms with Crippen LogP contribution in [0.5, 0.6) is 23.0 Å². The van der Waals surface area contributed by atoms with Crippen LogP contribution in [0.2, 0.25) is 0 Å². The standard InChI is InChI=1S/C42H58N2O2.2BrH/c1-3-5-7-9-11-13-15-17-31-43-33-19-21-41(35-43)45-39-27-23-37(24-28-39)38-25-29-40(30-26-38)46-42-22-20-34-44(36-42)32-18-16-14-12-10-8-6-4-2;;/h19-30,33-36H,3-18,31-32H2,1-2H3;2*1H/q+2;;/p-2. The number of nitrogens with zero attached hydrogens (tertiary/aromatic N) is 2. The van der Waals surface area contributed by atoms with Crippen molar-refractivity contribution in [3.63, 3.8) is 0 Å². The van der Waals surface area contributed by atoms with Gasteiger partial charge < -0.3 is 43.4 Å². The van der Waals surface area contributed by atoms with Gasteiger partial charge in [0, 0.05) is 25.0 Å². The van der Waals surface area contributed by atoms with Crippen LogP contribution in [0, 0.1) is 0 Å². The fourth-order valence-corrected chi connectivity index (χ4v) is 5.95. The van der Waals surface area contributed by atoms with Gasteiger partial charge in [-0.2, -0.15) is 0 Å². The fourth-order valence-electron chi connectivity index (χ4n) is 5.95. The van der Waals surface area contributed by atoms with E-state index in [2.05, 4.69) is 84.2 Å². The Hall–Kier alpha value is -2.70. The molecule has 262 valence electrons. The lowest BCUT2D eigenvalue weighted by molar-refractivity contribution is -0.697. The lowest BCUT2D eigenvalue weighted by Crippen LogP contribution is -3.00. The lowest BCUT2D eigenvalue weighted by Gasteiger charge is -2.08. The molecule has 2 aromatic heterocycles. The highest BCUT2D eigenvalue weighted by Gasteiger charge is 2.08. The van der Waals surface area contributed by atoms with Gasteiger partial charge in [0.25, 0.3) is 0 Å². The van der Waals surface area contributed by atoms with Crippen LogP contribution in [-0.4, -0.2) is 0 Å². The molecule has 4 aromatic rings. The predicted molar refractivity (Wildman–Crippen MR) is 191 cm³/mol. The molecule has 2 aromatic carbocycles. The number of benzene rings is 2. The van der Waals surface area contributed by atoms with E-state index in [9.17, 15) is 0 Å². The smallest absolute Gasteiger partial charge is 0.211 e. The van der Waals surface area contributed by atoms with Gasteiger partial charge in [0.15, 0.2) is 23.9 Å². The molecule has 0 radical (unpaired) electrons. The minimum absolute atomic E-state index is 0. The van der Waals surface area contributed by atoms with E-state index in [0.717, 1.165) is 47.2 Å². The van der Waals surface area contributed by atoms with Crippen molar-refractivity contribution in [3.05, 3.63) is 97.6 Å². The van der Waals surface area contributed by atoms with E-state index in [1.807, 2.05) is 36.4 Å². The first-order valence-corrected chi connectivity index (χ1v) is 18.3. The number of rotatable bonds is 23. The van der Waals surface area contributed by atoms with E-state index in [0.29, 0.717) is 0 Å². The first-order valence-electron chi connectivity index (χ1n) is 18.3. The Morgan fingerprint density at radius 3 is 1.08 bits per heavy atom. The number of unbranched alkanes of at least 4 members (excludes halogenated alkanes) is 14. The molecule has 4 nitrogen and oxygen atoms in total. The molecule has 0 atom stereocenters. The fraction of sp³-hybridized carbons (Fsp3) is 0.476. The maximum absolute atomic E-state index is 6.20. The normalized spacial score (nSPS) is 10.6. The number of hydrogen-bond donors (Lipinski definition) is 0. The third-order valence-electron chi connectivity index (χ3n) is 8.72. The monoisotopic (exact) mass is 780 g/mol. The summed E-state index contributed by atoms with van der Waals surface area (Å²) in [7, 11) is 0. The van der Waals surface area contributed by atoms with E-state index in [-0.39, 0.29) is 34.0 Å². The highest BCUT2D eigenvalue weighted by molar-refractivity contribution is 5.65. The molecule has 0 spiro atoms. The van der Waals surface area contributed by atoms with Gasteiger partial charge in [0.05, 0.1) is 0 Å². The van der Waals surface area contributed by atoms with Gasteiger partial charge in [-0.25, -0.2) is 9.13 Å². The maximum Gasteiger partial charge on any atom is 0.211 e. The molecule has 48 heavy (non-hydrogen) atoms. The van der Waals surface area contributed by atoms with Crippen molar-refractivity contribution in [3.8, 4) is 34.1 Å². The second-order valence-corrected chi connectivity index (χ2v) is 12.8. The van der Waals surface area contributed by atoms with Crippen LogP contribution in [0.3, 0.4) is 0 Å². The molecule has 4 rings (SSSR count). The molecule has 0 aliphatic rings. The predicted octanol–water partition coefficient (Wildman–Crippen LogP) is 5.80. The van der Waals surface area contributed by atoms with Gasteiger partial charge in [-0.3, -0.25) is 0 Å². The molecule has 0 saturated carbocycles. The summed E-state index contributed by atoms with van der Waals surface area (Å²) >= 11 is 0. The summed E-state index contributed by atoms with van der Waals surface area (Å²) in [6.45, 7) is 6.62. The summed E-state index contributed by atoms with van der Waals surface area (Å²) in [6, 6.07) is 24.9. The van der Waals surface area contributed by atoms with Gasteiger partial charge in [-0.05, 0) is 60.4 Å². The number of hydrogen-bond acceptors (Lipinski definition) is 2. The minimum Gasteiger partial charge on any atom is -1.00 e. The highest BCUT2D eigenvalue weighted by Crippen LogP contribution is 2.28. The van der Waals surface area contributed by atoms with Crippen LogP contribution in [0.4, 0.5) is 0 Å². The van der Waals surface area contributed by atoms with Crippen LogP contribution in [-0.2, 0) is 13.1 Å². The van der Waals surface area contributed by atoms with Gasteiger partial charge in [-0.15, -0.1) is 0 Å². The molecule has 2 heterocycles. The summed E-state index contributed by atoms with van der Waals surface area (Å²) in [6.07, 6.45) is 29.9. The summed E-state index contributed by atoms with van der Waals surface area (Å²) in [4.78, 5) is 0. The molecule has 0 amide bonds. The van der Waals surface area contributed by atoms with Crippen LogP contribution in [0.1, 0.15) is 117 Å². The highest BCUT2D eigenvalue weighted by atomic mass is 79.9. The Balaban J connectivity index is 0.00000400. The second-order valence-electron chi connectivity index (χ2n) is 12.8. The van der Waals surface area contributed by atoms with E-state index in [1.54, 1.807) is 0 Å². The quantitative estimate of drug-likeness (QED) is 0.0703. The topological polar surface area (TPSA) is 26.2 Å². The van der Waals surface area contributed by atoms with E-state index in [1.165, 1.54) is 103 Å². The van der Waals surface area contributed by atoms with Gasteiger partial charge in [-0.1, -0.05) is 115 Å². The third-order valence-corrected chi connectivity index (χ3v) is 8.72. The summed E-state index contributed by atoms with van der Waals surface area (Å²) in [5, 5.41) is 0. The summed E-state index contributed by atoms with van der Waals surface area (Å²) < 4.78 is 16.9. The molecule has 0 unspecified atom stereocenters. The molecule has 0 bridgehead atoms. The van der Waals surface area contributed by atoms with Crippen molar-refractivity contribution in [1.82, 2.24) is 0 Å². The molecule has 6 heteroatoms. The Bertz CT molecular complexity index is 1270. The van der Waals surface area contributed by atoms with Crippen molar-refractivity contribution >= 4 is 0 Å². The first kappa shape index (κ1) is 41.5. The Labute approximate surface area is 312 Å².